The number of hydrogen-bond donors (Lipinski definition) is 1. The molecular formula is C15H15BrN2O3. The lowest BCUT2D eigenvalue weighted by atomic mass is 10.1. The van der Waals surface area contributed by atoms with E-state index in [1.807, 2.05) is 26.0 Å². The number of ether oxygens (including phenoxy) is 1. The Morgan fingerprint density at radius 1 is 1.48 bits per heavy atom. The van der Waals surface area contributed by atoms with Gasteiger partial charge in [0, 0.05) is 0 Å². The van der Waals surface area contributed by atoms with Crippen molar-refractivity contribution < 1.29 is 13.9 Å². The number of halogens is 1. The van der Waals surface area contributed by atoms with Crippen LogP contribution in [0.1, 0.15) is 16.9 Å². The molecule has 0 aliphatic heterocycles. The van der Waals surface area contributed by atoms with Crippen LogP contribution in [-0.2, 0) is 4.79 Å². The zero-order valence-electron chi connectivity index (χ0n) is 11.7. The number of hydrazone groups is 1. The Morgan fingerprint density at radius 3 is 2.95 bits per heavy atom. The maximum atomic E-state index is 11.6. The van der Waals surface area contributed by atoms with Gasteiger partial charge in [-0.25, -0.2) is 5.43 Å². The van der Waals surface area contributed by atoms with Crippen molar-refractivity contribution in [3.05, 3.63) is 51.9 Å². The molecule has 0 spiro atoms. The number of carbonyl (C=O) groups excluding carboxylic acids is 1. The molecule has 0 bridgehead atoms. The standard InChI is InChI=1S/C15H15BrN2O3/c1-10-6-11(2)15(13(16)7-10)21-9-14(19)18-17-8-12-4-3-5-20-12/h3-8H,9H2,1-2H3,(H,18,19)/b17-8+. The third kappa shape index (κ3) is 4.46. The van der Waals surface area contributed by atoms with E-state index in [-0.39, 0.29) is 12.5 Å². The van der Waals surface area contributed by atoms with Gasteiger partial charge in [-0.05, 0) is 59.1 Å². The minimum atomic E-state index is -0.343. The van der Waals surface area contributed by atoms with E-state index in [2.05, 4.69) is 26.5 Å². The van der Waals surface area contributed by atoms with E-state index < -0.39 is 0 Å². The number of nitrogens with one attached hydrogen (secondary N) is 1. The molecule has 0 unspecified atom stereocenters. The SMILES string of the molecule is Cc1cc(C)c(OCC(=O)N/N=C/c2ccco2)c(Br)c1. The highest BCUT2D eigenvalue weighted by atomic mass is 79.9. The number of benzene rings is 1. The summed E-state index contributed by atoms with van der Waals surface area (Å²) in [5, 5.41) is 3.77. The van der Waals surface area contributed by atoms with Crippen LogP contribution in [0.5, 0.6) is 5.75 Å². The van der Waals surface area contributed by atoms with Gasteiger partial charge in [0.2, 0.25) is 0 Å². The van der Waals surface area contributed by atoms with E-state index in [1.165, 1.54) is 12.5 Å². The van der Waals surface area contributed by atoms with Gasteiger partial charge in [-0.3, -0.25) is 4.79 Å². The van der Waals surface area contributed by atoms with Crippen LogP contribution in [0.3, 0.4) is 0 Å². The molecule has 0 aliphatic rings. The summed E-state index contributed by atoms with van der Waals surface area (Å²) in [5.41, 5.74) is 4.46. The van der Waals surface area contributed by atoms with Gasteiger partial charge < -0.3 is 9.15 Å². The molecule has 21 heavy (non-hydrogen) atoms. The number of amides is 1. The van der Waals surface area contributed by atoms with Crippen LogP contribution in [-0.4, -0.2) is 18.7 Å². The van der Waals surface area contributed by atoms with Gasteiger partial charge >= 0.3 is 0 Å². The molecular weight excluding hydrogens is 336 g/mol. The number of nitrogens with zero attached hydrogens (tertiary/aromatic N) is 1. The fourth-order valence-corrected chi connectivity index (χ4v) is 2.58. The molecule has 0 saturated heterocycles. The van der Waals surface area contributed by atoms with Crippen molar-refractivity contribution in [3.63, 3.8) is 0 Å². The van der Waals surface area contributed by atoms with E-state index in [1.54, 1.807) is 12.1 Å². The van der Waals surface area contributed by atoms with Crippen molar-refractivity contribution in [3.8, 4) is 5.75 Å². The van der Waals surface area contributed by atoms with Crippen molar-refractivity contribution in [2.24, 2.45) is 5.10 Å². The smallest absolute Gasteiger partial charge is 0.277 e. The highest BCUT2D eigenvalue weighted by Crippen LogP contribution is 2.29. The Bertz CT molecular complexity index is 628. The maximum absolute atomic E-state index is 11.6. The number of furan rings is 1. The molecule has 1 amide bonds. The molecule has 1 N–H and O–H groups in total. The first kappa shape index (κ1) is 15.3. The summed E-state index contributed by atoms with van der Waals surface area (Å²) in [4.78, 5) is 11.6. The molecule has 1 heterocycles. The van der Waals surface area contributed by atoms with Gasteiger partial charge in [-0.2, -0.15) is 5.10 Å². The van der Waals surface area contributed by atoms with Gasteiger partial charge in [0.25, 0.3) is 5.91 Å². The van der Waals surface area contributed by atoms with Crippen LogP contribution >= 0.6 is 15.9 Å². The van der Waals surface area contributed by atoms with Gasteiger partial charge in [0.1, 0.15) is 11.5 Å². The number of aryl methyl sites for hydroxylation is 2. The molecule has 0 atom stereocenters. The average molecular weight is 351 g/mol. The topological polar surface area (TPSA) is 63.8 Å². The Morgan fingerprint density at radius 2 is 2.29 bits per heavy atom. The molecule has 1 aromatic carbocycles. The van der Waals surface area contributed by atoms with Crippen LogP contribution in [0.4, 0.5) is 0 Å². The van der Waals surface area contributed by atoms with Crippen LogP contribution in [0.25, 0.3) is 0 Å². The number of hydrogen-bond acceptors (Lipinski definition) is 4. The predicted octanol–water partition coefficient (Wildman–Crippen LogP) is 3.19. The molecule has 0 aliphatic carbocycles. The van der Waals surface area contributed by atoms with Crippen LogP contribution in [0.2, 0.25) is 0 Å². The van der Waals surface area contributed by atoms with Crippen molar-refractivity contribution in [1.82, 2.24) is 5.43 Å². The number of carbonyl (C=O) groups is 1. The monoisotopic (exact) mass is 350 g/mol. The van der Waals surface area contributed by atoms with Crippen LogP contribution < -0.4 is 10.2 Å². The second-order valence-corrected chi connectivity index (χ2v) is 5.34. The molecule has 0 radical (unpaired) electrons. The van der Waals surface area contributed by atoms with Crippen molar-refractivity contribution in [1.29, 1.82) is 0 Å². The maximum Gasteiger partial charge on any atom is 0.277 e. The Hall–Kier alpha value is -2.08. The largest absolute Gasteiger partial charge is 0.482 e. The molecule has 2 rings (SSSR count). The first-order chi connectivity index (χ1) is 10.1. The second-order valence-electron chi connectivity index (χ2n) is 4.49. The summed E-state index contributed by atoms with van der Waals surface area (Å²) in [6, 6.07) is 7.41. The summed E-state index contributed by atoms with van der Waals surface area (Å²) in [5.74, 6) is 0.879. The second kappa shape index (κ2) is 7.08. The fourth-order valence-electron chi connectivity index (χ4n) is 1.79. The summed E-state index contributed by atoms with van der Waals surface area (Å²) in [7, 11) is 0. The van der Waals surface area contributed by atoms with Gasteiger partial charge in [-0.1, -0.05) is 6.07 Å². The molecule has 5 nitrogen and oxygen atoms in total. The predicted molar refractivity (Wildman–Crippen MR) is 83.6 cm³/mol. The van der Waals surface area contributed by atoms with Crippen molar-refractivity contribution >= 4 is 28.1 Å². The third-order valence-electron chi connectivity index (χ3n) is 2.65. The van der Waals surface area contributed by atoms with E-state index in [0.717, 1.165) is 15.6 Å². The zero-order chi connectivity index (χ0) is 15.2. The van der Waals surface area contributed by atoms with Crippen LogP contribution in [0.15, 0.2) is 44.5 Å². The lowest BCUT2D eigenvalue weighted by Crippen LogP contribution is -2.24. The number of rotatable bonds is 5. The quantitative estimate of drug-likeness (QED) is 0.665. The average Bonchev–Trinajstić information content (AvgIpc) is 2.90. The van der Waals surface area contributed by atoms with E-state index in [9.17, 15) is 4.79 Å². The van der Waals surface area contributed by atoms with E-state index in [4.69, 9.17) is 9.15 Å². The van der Waals surface area contributed by atoms with Crippen molar-refractivity contribution in [2.75, 3.05) is 6.61 Å². The molecule has 0 fully saturated rings. The first-order valence-corrected chi connectivity index (χ1v) is 7.10. The first-order valence-electron chi connectivity index (χ1n) is 6.31. The minimum absolute atomic E-state index is 0.113. The molecule has 1 aromatic heterocycles. The summed E-state index contributed by atoms with van der Waals surface area (Å²) in [6.07, 6.45) is 2.95. The Balaban J connectivity index is 1.87. The third-order valence-corrected chi connectivity index (χ3v) is 3.23. The van der Waals surface area contributed by atoms with Gasteiger partial charge in [0.05, 0.1) is 17.0 Å². The lowest BCUT2D eigenvalue weighted by molar-refractivity contribution is -0.123. The molecule has 110 valence electrons. The summed E-state index contributed by atoms with van der Waals surface area (Å²) >= 11 is 3.43. The molecule has 0 saturated carbocycles. The molecule has 6 heteroatoms. The van der Waals surface area contributed by atoms with Gasteiger partial charge in [-0.15, -0.1) is 0 Å². The normalized spacial score (nSPS) is 10.8. The van der Waals surface area contributed by atoms with Gasteiger partial charge in [0.15, 0.2) is 6.61 Å². The fraction of sp³-hybridized carbons (Fsp3) is 0.200. The molecule has 2 aromatic rings. The summed E-state index contributed by atoms with van der Waals surface area (Å²) in [6.45, 7) is 3.82. The zero-order valence-corrected chi connectivity index (χ0v) is 13.3. The summed E-state index contributed by atoms with van der Waals surface area (Å²) < 4.78 is 11.4. The Kier molecular flexibility index (Phi) is 5.16. The lowest BCUT2D eigenvalue weighted by Gasteiger charge is -2.11. The van der Waals surface area contributed by atoms with E-state index in [0.29, 0.717) is 11.5 Å². The van der Waals surface area contributed by atoms with E-state index >= 15 is 0 Å². The van der Waals surface area contributed by atoms with Crippen molar-refractivity contribution in [2.45, 2.75) is 13.8 Å². The minimum Gasteiger partial charge on any atom is -0.482 e. The Labute approximate surface area is 131 Å². The highest BCUT2D eigenvalue weighted by Gasteiger charge is 2.08. The van der Waals surface area contributed by atoms with Crippen LogP contribution in [0, 0.1) is 13.8 Å². The highest BCUT2D eigenvalue weighted by molar-refractivity contribution is 9.10.